The van der Waals surface area contributed by atoms with Gasteiger partial charge in [0.05, 0.1) is 12.0 Å². The largest absolute Gasteiger partial charge is 0.333 e. The topological polar surface area (TPSA) is 77.0 Å². The van der Waals surface area contributed by atoms with Crippen LogP contribution in [0.25, 0.3) is 0 Å². The Kier molecular flexibility index (Phi) is 4.75. The van der Waals surface area contributed by atoms with Crippen molar-refractivity contribution in [3.63, 3.8) is 0 Å². The zero-order valence-corrected chi connectivity index (χ0v) is 12.5. The maximum atomic E-state index is 13.0. The summed E-state index contributed by atoms with van der Waals surface area (Å²) in [6.45, 7) is 6.69. The lowest BCUT2D eigenvalue weighted by Crippen LogP contribution is -2.50. The molecule has 2 rings (SSSR count). The summed E-state index contributed by atoms with van der Waals surface area (Å²) in [5.74, 6) is 1.06. The molecule has 0 atom stereocenters. The number of carbonyl (C=O) groups excluding carboxylic acids is 1. The predicted octanol–water partition coefficient (Wildman–Crippen LogP) is 1.17. The summed E-state index contributed by atoms with van der Waals surface area (Å²) in [4.78, 5) is 14.9. The number of hydrogen-bond donors (Lipinski definition) is 1. The van der Waals surface area contributed by atoms with Crippen molar-refractivity contribution in [1.29, 1.82) is 0 Å². The van der Waals surface area contributed by atoms with E-state index in [1.807, 2.05) is 9.47 Å². The minimum absolute atomic E-state index is 0.193. The Morgan fingerprint density at radius 1 is 1.35 bits per heavy atom. The zero-order valence-electron chi connectivity index (χ0n) is 12.5. The van der Waals surface area contributed by atoms with Gasteiger partial charge in [-0.15, -0.1) is 10.2 Å². The molecule has 1 aromatic heterocycles. The van der Waals surface area contributed by atoms with E-state index in [0.29, 0.717) is 13.1 Å². The number of nitrogens with two attached hydrogens (primary N) is 1. The summed E-state index contributed by atoms with van der Waals surface area (Å²) >= 11 is 0. The number of fused-ring (bicyclic) bond motifs is 1. The van der Waals surface area contributed by atoms with E-state index in [1.54, 1.807) is 6.33 Å². The Bertz CT molecular complexity index is 450. The van der Waals surface area contributed by atoms with Gasteiger partial charge in [0.25, 0.3) is 0 Å². The SMILES string of the molecule is CCCC(CN)(CCC)C(=O)N1CCn2cnnc2C1. The van der Waals surface area contributed by atoms with E-state index >= 15 is 0 Å². The van der Waals surface area contributed by atoms with Crippen molar-refractivity contribution in [3.8, 4) is 0 Å². The molecule has 0 spiro atoms. The number of hydrogen-bond acceptors (Lipinski definition) is 4. The van der Waals surface area contributed by atoms with Gasteiger partial charge in [-0.3, -0.25) is 4.79 Å². The summed E-state index contributed by atoms with van der Waals surface area (Å²) in [5.41, 5.74) is 5.58. The van der Waals surface area contributed by atoms with Crippen LogP contribution >= 0.6 is 0 Å². The highest BCUT2D eigenvalue weighted by Gasteiger charge is 2.39. The molecular weight excluding hydrogens is 254 g/mol. The van der Waals surface area contributed by atoms with Crippen LogP contribution in [0.5, 0.6) is 0 Å². The molecule has 6 heteroatoms. The molecule has 1 amide bonds. The number of rotatable bonds is 6. The minimum Gasteiger partial charge on any atom is -0.333 e. The van der Waals surface area contributed by atoms with Gasteiger partial charge in [-0.2, -0.15) is 0 Å². The highest BCUT2D eigenvalue weighted by Crippen LogP contribution is 2.32. The molecule has 0 aromatic carbocycles. The number of nitrogens with zero attached hydrogens (tertiary/aromatic N) is 4. The number of carbonyl (C=O) groups is 1. The first-order valence-electron chi connectivity index (χ1n) is 7.53. The van der Waals surface area contributed by atoms with Crippen molar-refractivity contribution in [2.45, 2.75) is 52.6 Å². The lowest BCUT2D eigenvalue weighted by molar-refractivity contribution is -0.144. The molecule has 1 aliphatic heterocycles. The summed E-state index contributed by atoms with van der Waals surface area (Å²) in [7, 11) is 0. The molecule has 1 aliphatic rings. The van der Waals surface area contributed by atoms with Crippen LogP contribution in [0.15, 0.2) is 6.33 Å². The molecule has 6 nitrogen and oxygen atoms in total. The predicted molar refractivity (Wildman–Crippen MR) is 76.7 cm³/mol. The molecule has 0 radical (unpaired) electrons. The minimum atomic E-state index is -0.397. The second-order valence-corrected chi connectivity index (χ2v) is 5.65. The van der Waals surface area contributed by atoms with Gasteiger partial charge in [-0.05, 0) is 12.8 Å². The molecule has 0 aliphatic carbocycles. The van der Waals surface area contributed by atoms with Gasteiger partial charge in [-0.25, -0.2) is 0 Å². The van der Waals surface area contributed by atoms with Crippen LogP contribution in [0.1, 0.15) is 45.4 Å². The quantitative estimate of drug-likeness (QED) is 0.848. The fraction of sp³-hybridized carbons (Fsp3) is 0.786. The lowest BCUT2D eigenvalue weighted by Gasteiger charge is -2.38. The molecule has 0 fully saturated rings. The fourth-order valence-electron chi connectivity index (χ4n) is 3.16. The van der Waals surface area contributed by atoms with Crippen LogP contribution in [0.4, 0.5) is 0 Å². The van der Waals surface area contributed by atoms with E-state index in [0.717, 1.165) is 44.6 Å². The van der Waals surface area contributed by atoms with Crippen LogP contribution in [0, 0.1) is 5.41 Å². The van der Waals surface area contributed by atoms with Crippen LogP contribution in [0.2, 0.25) is 0 Å². The standard InChI is InChI=1S/C14H25N5O/c1-3-5-14(10-15,6-4-2)13(20)18-7-8-19-11-16-17-12(19)9-18/h11H,3-10,15H2,1-2H3. The fourth-order valence-corrected chi connectivity index (χ4v) is 3.16. The van der Waals surface area contributed by atoms with E-state index in [1.165, 1.54) is 0 Å². The highest BCUT2D eigenvalue weighted by atomic mass is 16.2. The van der Waals surface area contributed by atoms with Gasteiger partial charge in [0.15, 0.2) is 5.82 Å². The molecule has 0 bridgehead atoms. The third-order valence-corrected chi connectivity index (χ3v) is 4.23. The second-order valence-electron chi connectivity index (χ2n) is 5.65. The summed E-state index contributed by atoms with van der Waals surface area (Å²) in [6.07, 6.45) is 5.41. The molecule has 0 saturated heterocycles. The second kappa shape index (κ2) is 6.35. The van der Waals surface area contributed by atoms with Crippen molar-refractivity contribution in [1.82, 2.24) is 19.7 Å². The lowest BCUT2D eigenvalue weighted by atomic mass is 9.77. The maximum Gasteiger partial charge on any atom is 0.230 e. The zero-order chi connectivity index (χ0) is 14.6. The maximum absolute atomic E-state index is 13.0. The van der Waals surface area contributed by atoms with Crippen LogP contribution < -0.4 is 5.73 Å². The van der Waals surface area contributed by atoms with Crippen molar-refractivity contribution in [2.75, 3.05) is 13.1 Å². The van der Waals surface area contributed by atoms with Gasteiger partial charge in [-0.1, -0.05) is 26.7 Å². The summed E-state index contributed by atoms with van der Waals surface area (Å²) < 4.78 is 2.01. The Labute approximate surface area is 120 Å². The average molecular weight is 279 g/mol. The molecule has 2 N–H and O–H groups in total. The van der Waals surface area contributed by atoms with E-state index in [4.69, 9.17) is 5.73 Å². The van der Waals surface area contributed by atoms with Crippen LogP contribution in [-0.2, 0) is 17.9 Å². The molecule has 20 heavy (non-hydrogen) atoms. The van der Waals surface area contributed by atoms with E-state index in [9.17, 15) is 4.79 Å². The molecule has 1 aromatic rings. The van der Waals surface area contributed by atoms with Gasteiger partial charge in [0, 0.05) is 19.6 Å². The molecule has 0 unspecified atom stereocenters. The first-order valence-corrected chi connectivity index (χ1v) is 7.53. The van der Waals surface area contributed by atoms with E-state index in [2.05, 4.69) is 24.0 Å². The first-order chi connectivity index (χ1) is 9.66. The summed E-state index contributed by atoms with van der Waals surface area (Å²) in [6, 6.07) is 0. The van der Waals surface area contributed by atoms with Crippen molar-refractivity contribution >= 4 is 5.91 Å². The number of aromatic nitrogens is 3. The molecule has 0 saturated carbocycles. The highest BCUT2D eigenvalue weighted by molar-refractivity contribution is 5.83. The molecular formula is C14H25N5O. The average Bonchev–Trinajstić information content (AvgIpc) is 2.93. The molecule has 112 valence electrons. The van der Waals surface area contributed by atoms with Crippen molar-refractivity contribution < 1.29 is 4.79 Å². The van der Waals surface area contributed by atoms with Crippen molar-refractivity contribution in [2.24, 2.45) is 11.1 Å². The third kappa shape index (κ3) is 2.70. The molecule has 2 heterocycles. The Morgan fingerprint density at radius 2 is 2.05 bits per heavy atom. The van der Waals surface area contributed by atoms with E-state index in [-0.39, 0.29) is 5.91 Å². The van der Waals surface area contributed by atoms with Gasteiger partial charge < -0.3 is 15.2 Å². The van der Waals surface area contributed by atoms with E-state index < -0.39 is 5.41 Å². The Hall–Kier alpha value is -1.43. The van der Waals surface area contributed by atoms with Gasteiger partial charge >= 0.3 is 0 Å². The Morgan fingerprint density at radius 3 is 2.65 bits per heavy atom. The van der Waals surface area contributed by atoms with Crippen molar-refractivity contribution in [3.05, 3.63) is 12.2 Å². The van der Waals surface area contributed by atoms with Crippen LogP contribution in [-0.4, -0.2) is 38.7 Å². The normalized spacial score (nSPS) is 15.2. The Balaban J connectivity index is 2.16. The monoisotopic (exact) mass is 279 g/mol. The van der Waals surface area contributed by atoms with Gasteiger partial charge in [0.1, 0.15) is 6.33 Å². The summed E-state index contributed by atoms with van der Waals surface area (Å²) in [5, 5.41) is 7.98. The smallest absolute Gasteiger partial charge is 0.230 e. The van der Waals surface area contributed by atoms with Crippen LogP contribution in [0.3, 0.4) is 0 Å². The third-order valence-electron chi connectivity index (χ3n) is 4.23. The first kappa shape index (κ1) is 15.0. The number of amides is 1. The van der Waals surface area contributed by atoms with Gasteiger partial charge in [0.2, 0.25) is 5.91 Å².